The first kappa shape index (κ1) is 21.4. The number of aryl methyl sites for hydroxylation is 1. The van der Waals surface area contributed by atoms with Crippen LogP contribution < -0.4 is 4.74 Å². The van der Waals surface area contributed by atoms with Crippen molar-refractivity contribution in [1.82, 2.24) is 4.90 Å². The first-order valence-corrected chi connectivity index (χ1v) is 10.6. The Morgan fingerprint density at radius 1 is 0.938 bits per heavy atom. The number of benzene rings is 3. The van der Waals surface area contributed by atoms with Crippen molar-refractivity contribution < 1.29 is 19.4 Å². The van der Waals surface area contributed by atoms with E-state index in [4.69, 9.17) is 4.74 Å². The smallest absolute Gasteiger partial charge is 0.295 e. The van der Waals surface area contributed by atoms with E-state index in [0.29, 0.717) is 17.9 Å². The number of rotatable bonds is 6. The first-order chi connectivity index (χ1) is 15.5. The average molecular weight is 428 g/mol. The summed E-state index contributed by atoms with van der Waals surface area (Å²) >= 11 is 0. The highest BCUT2D eigenvalue weighted by Gasteiger charge is 2.46. The molecule has 32 heavy (non-hydrogen) atoms. The van der Waals surface area contributed by atoms with E-state index in [-0.39, 0.29) is 17.9 Å². The highest BCUT2D eigenvalue weighted by Crippen LogP contribution is 2.40. The third-order valence-electron chi connectivity index (χ3n) is 5.57. The summed E-state index contributed by atoms with van der Waals surface area (Å²) in [6.45, 7) is 4.67. The van der Waals surface area contributed by atoms with Gasteiger partial charge in [-0.15, -0.1) is 0 Å². The predicted molar refractivity (Wildman–Crippen MR) is 123 cm³/mol. The van der Waals surface area contributed by atoms with Crippen LogP contribution in [-0.4, -0.2) is 28.3 Å². The molecule has 0 radical (unpaired) electrons. The van der Waals surface area contributed by atoms with Gasteiger partial charge in [0.25, 0.3) is 11.7 Å². The van der Waals surface area contributed by atoms with E-state index in [9.17, 15) is 14.7 Å². The van der Waals surface area contributed by atoms with Gasteiger partial charge in [0, 0.05) is 12.1 Å². The Bertz CT molecular complexity index is 1150. The Hall–Kier alpha value is -3.86. The molecule has 4 rings (SSSR count). The van der Waals surface area contributed by atoms with Gasteiger partial charge < -0.3 is 14.7 Å². The van der Waals surface area contributed by atoms with Gasteiger partial charge in [0.2, 0.25) is 0 Å². The number of Topliss-reactive ketones (excluding diaryl/α,β-unsaturated/α-hetero) is 1. The monoisotopic (exact) mass is 427 g/mol. The van der Waals surface area contributed by atoms with E-state index in [1.165, 1.54) is 4.90 Å². The average Bonchev–Trinajstić information content (AvgIpc) is 3.05. The van der Waals surface area contributed by atoms with Gasteiger partial charge in [0.1, 0.15) is 11.5 Å². The van der Waals surface area contributed by atoms with Crippen LogP contribution in [0, 0.1) is 6.92 Å². The van der Waals surface area contributed by atoms with Crippen LogP contribution in [0.4, 0.5) is 0 Å². The molecule has 1 atom stereocenters. The van der Waals surface area contributed by atoms with Crippen LogP contribution >= 0.6 is 0 Å². The molecule has 1 amide bonds. The molecular weight excluding hydrogens is 402 g/mol. The van der Waals surface area contributed by atoms with Gasteiger partial charge in [0.05, 0.1) is 18.2 Å². The standard InChI is InChI=1S/C27H25NO4/c1-3-32-22-15-13-21(14-16-22)25(29)23-24(20-11-9-18(2)10-12-20)28(27(31)26(23)30)17-19-7-5-4-6-8-19/h4-16,24,29H,3,17H2,1-2H3. The largest absolute Gasteiger partial charge is 0.507 e. The number of nitrogens with zero attached hydrogens (tertiary/aromatic N) is 1. The molecule has 1 unspecified atom stereocenters. The van der Waals surface area contributed by atoms with E-state index in [0.717, 1.165) is 16.7 Å². The van der Waals surface area contributed by atoms with Gasteiger partial charge in [0.15, 0.2) is 0 Å². The molecule has 1 heterocycles. The number of likely N-dealkylation sites (tertiary alicyclic amines) is 1. The van der Waals surface area contributed by atoms with Crippen LogP contribution in [-0.2, 0) is 16.1 Å². The molecule has 0 aromatic heterocycles. The quantitative estimate of drug-likeness (QED) is 0.341. The van der Waals surface area contributed by atoms with Gasteiger partial charge in [-0.05, 0) is 49.2 Å². The summed E-state index contributed by atoms with van der Waals surface area (Å²) in [5.41, 5.74) is 3.31. The maximum Gasteiger partial charge on any atom is 0.295 e. The summed E-state index contributed by atoms with van der Waals surface area (Å²) in [7, 11) is 0. The summed E-state index contributed by atoms with van der Waals surface area (Å²) in [6, 6.07) is 23.4. The minimum absolute atomic E-state index is 0.0962. The normalized spacial score (nSPS) is 17.6. The number of aliphatic hydroxyl groups excluding tert-OH is 1. The Balaban J connectivity index is 1.81. The van der Waals surface area contributed by atoms with E-state index >= 15 is 0 Å². The molecule has 1 aliphatic rings. The maximum atomic E-state index is 13.1. The highest BCUT2D eigenvalue weighted by molar-refractivity contribution is 6.46. The van der Waals surface area contributed by atoms with E-state index in [1.54, 1.807) is 24.3 Å². The fourth-order valence-electron chi connectivity index (χ4n) is 3.95. The molecule has 0 spiro atoms. The molecule has 5 nitrogen and oxygen atoms in total. The fourth-order valence-corrected chi connectivity index (χ4v) is 3.95. The molecule has 3 aromatic rings. The van der Waals surface area contributed by atoms with E-state index in [1.807, 2.05) is 68.4 Å². The maximum absolute atomic E-state index is 13.1. The Labute approximate surface area is 187 Å². The van der Waals surface area contributed by atoms with Crippen molar-refractivity contribution in [1.29, 1.82) is 0 Å². The van der Waals surface area contributed by atoms with Crippen molar-refractivity contribution in [3.05, 3.63) is 107 Å². The van der Waals surface area contributed by atoms with Crippen molar-refractivity contribution in [3.8, 4) is 5.75 Å². The number of hydrogen-bond donors (Lipinski definition) is 1. The first-order valence-electron chi connectivity index (χ1n) is 10.6. The van der Waals surface area contributed by atoms with Crippen molar-refractivity contribution in [2.24, 2.45) is 0 Å². The van der Waals surface area contributed by atoms with Crippen molar-refractivity contribution in [3.63, 3.8) is 0 Å². The van der Waals surface area contributed by atoms with Gasteiger partial charge in [-0.25, -0.2) is 0 Å². The molecular formula is C27H25NO4. The number of amides is 1. The molecule has 5 heteroatoms. The molecule has 0 aliphatic carbocycles. The molecule has 3 aromatic carbocycles. The molecule has 0 bridgehead atoms. The fraction of sp³-hybridized carbons (Fsp3) is 0.185. The Morgan fingerprint density at radius 2 is 1.59 bits per heavy atom. The molecule has 162 valence electrons. The number of ketones is 1. The number of carbonyl (C=O) groups excluding carboxylic acids is 2. The summed E-state index contributed by atoms with van der Waals surface area (Å²) in [6.07, 6.45) is 0. The molecule has 1 N–H and O–H groups in total. The lowest BCUT2D eigenvalue weighted by atomic mass is 9.94. The number of ether oxygens (including phenoxy) is 1. The van der Waals surface area contributed by atoms with E-state index < -0.39 is 17.7 Å². The lowest BCUT2D eigenvalue weighted by molar-refractivity contribution is -0.140. The highest BCUT2D eigenvalue weighted by atomic mass is 16.5. The second-order valence-electron chi connectivity index (χ2n) is 7.78. The topological polar surface area (TPSA) is 66.8 Å². The van der Waals surface area contributed by atoms with Gasteiger partial charge in [-0.3, -0.25) is 9.59 Å². The van der Waals surface area contributed by atoms with Crippen molar-refractivity contribution in [2.75, 3.05) is 6.61 Å². The van der Waals surface area contributed by atoms with Gasteiger partial charge >= 0.3 is 0 Å². The van der Waals surface area contributed by atoms with Gasteiger partial charge in [-0.2, -0.15) is 0 Å². The van der Waals surface area contributed by atoms with Crippen LogP contribution in [0.15, 0.2) is 84.4 Å². The van der Waals surface area contributed by atoms with Crippen molar-refractivity contribution in [2.45, 2.75) is 26.4 Å². The van der Waals surface area contributed by atoms with Crippen LogP contribution in [0.25, 0.3) is 5.76 Å². The molecule has 1 fully saturated rings. The van der Waals surface area contributed by atoms with Crippen LogP contribution in [0.5, 0.6) is 5.75 Å². The Kier molecular flexibility index (Phi) is 6.08. The SMILES string of the molecule is CCOc1ccc(C(O)=C2C(=O)C(=O)N(Cc3ccccc3)C2c2ccc(C)cc2)cc1. The summed E-state index contributed by atoms with van der Waals surface area (Å²) in [4.78, 5) is 27.7. The van der Waals surface area contributed by atoms with Crippen molar-refractivity contribution >= 4 is 17.4 Å². The third kappa shape index (κ3) is 4.14. The minimum Gasteiger partial charge on any atom is -0.507 e. The summed E-state index contributed by atoms with van der Waals surface area (Å²) in [5, 5.41) is 11.1. The third-order valence-corrected chi connectivity index (χ3v) is 5.57. The summed E-state index contributed by atoms with van der Waals surface area (Å²) < 4.78 is 5.46. The Morgan fingerprint density at radius 3 is 2.22 bits per heavy atom. The molecule has 1 aliphatic heterocycles. The summed E-state index contributed by atoms with van der Waals surface area (Å²) in [5.74, 6) is -0.819. The zero-order valence-electron chi connectivity index (χ0n) is 18.1. The second-order valence-corrected chi connectivity index (χ2v) is 7.78. The number of aliphatic hydroxyl groups is 1. The van der Waals surface area contributed by atoms with Crippen LogP contribution in [0.1, 0.15) is 35.2 Å². The number of carbonyl (C=O) groups is 2. The lowest BCUT2D eigenvalue weighted by Crippen LogP contribution is -2.29. The van der Waals surface area contributed by atoms with E-state index in [2.05, 4.69) is 0 Å². The predicted octanol–water partition coefficient (Wildman–Crippen LogP) is 5.02. The van der Waals surface area contributed by atoms with Gasteiger partial charge in [-0.1, -0.05) is 60.2 Å². The minimum atomic E-state index is -0.683. The zero-order chi connectivity index (χ0) is 22.7. The molecule has 0 saturated carbocycles. The number of hydrogen-bond acceptors (Lipinski definition) is 4. The van der Waals surface area contributed by atoms with Crippen LogP contribution in [0.3, 0.4) is 0 Å². The lowest BCUT2D eigenvalue weighted by Gasteiger charge is -2.25. The molecule has 1 saturated heterocycles. The second kappa shape index (κ2) is 9.10. The zero-order valence-corrected chi connectivity index (χ0v) is 18.1. The van der Waals surface area contributed by atoms with Crippen LogP contribution in [0.2, 0.25) is 0 Å².